The van der Waals surface area contributed by atoms with Crippen LogP contribution in [-0.2, 0) is 4.74 Å². The van der Waals surface area contributed by atoms with Crippen molar-refractivity contribution >= 4 is 11.7 Å². The molecule has 0 spiro atoms. The highest BCUT2D eigenvalue weighted by Gasteiger charge is 2.09. The first kappa shape index (κ1) is 8.52. The third-order valence-electron chi connectivity index (χ3n) is 1.51. The van der Waals surface area contributed by atoms with E-state index in [1.807, 2.05) is 0 Å². The second-order valence-corrected chi connectivity index (χ2v) is 2.39. The van der Waals surface area contributed by atoms with E-state index in [-0.39, 0.29) is 0 Å². The van der Waals surface area contributed by atoms with E-state index in [2.05, 4.69) is 9.72 Å². The number of methoxy groups -OCH3 is 1. The van der Waals surface area contributed by atoms with Crippen molar-refractivity contribution in [2.75, 3.05) is 12.8 Å². The van der Waals surface area contributed by atoms with Gasteiger partial charge in [-0.15, -0.1) is 0 Å². The lowest BCUT2D eigenvalue weighted by Gasteiger charge is -2.02. The molecule has 1 aromatic rings. The Hall–Kier alpha value is -1.58. The monoisotopic (exact) mass is 166 g/mol. The summed E-state index contributed by atoms with van der Waals surface area (Å²) < 4.78 is 4.54. The van der Waals surface area contributed by atoms with Crippen LogP contribution in [0.5, 0.6) is 0 Å². The molecular weight excluding hydrogens is 156 g/mol. The molecule has 0 saturated carbocycles. The fourth-order valence-corrected chi connectivity index (χ4v) is 0.866. The van der Waals surface area contributed by atoms with Crippen LogP contribution in [0.4, 0.5) is 5.69 Å². The summed E-state index contributed by atoms with van der Waals surface area (Å²) in [6.45, 7) is 1.73. The summed E-state index contributed by atoms with van der Waals surface area (Å²) in [6, 6.07) is 1.55. The molecule has 0 amide bonds. The normalized spacial score (nSPS) is 9.50. The smallest absolute Gasteiger partial charge is 0.339 e. The Labute approximate surface area is 70.4 Å². The average Bonchev–Trinajstić information content (AvgIpc) is 2.08. The second kappa shape index (κ2) is 3.21. The van der Waals surface area contributed by atoms with Gasteiger partial charge in [-0.1, -0.05) is 0 Å². The zero-order valence-corrected chi connectivity index (χ0v) is 7.00. The van der Waals surface area contributed by atoms with Gasteiger partial charge in [0, 0.05) is 0 Å². The molecule has 4 nitrogen and oxygen atoms in total. The molecule has 4 heteroatoms. The predicted molar refractivity (Wildman–Crippen MR) is 44.7 cm³/mol. The maximum Gasteiger partial charge on any atom is 0.339 e. The predicted octanol–water partition coefficient (Wildman–Crippen LogP) is 0.759. The Morgan fingerprint density at radius 1 is 1.67 bits per heavy atom. The minimum atomic E-state index is -0.410. The molecule has 64 valence electrons. The largest absolute Gasteiger partial charge is 0.465 e. The first-order valence-corrected chi connectivity index (χ1v) is 3.45. The number of nitrogens with zero attached hydrogens (tertiary/aromatic N) is 1. The molecular formula is C8H10N2O2. The Morgan fingerprint density at radius 3 is 2.92 bits per heavy atom. The summed E-state index contributed by atoms with van der Waals surface area (Å²) in [4.78, 5) is 15.0. The average molecular weight is 166 g/mol. The highest BCUT2D eigenvalue weighted by atomic mass is 16.5. The molecule has 12 heavy (non-hydrogen) atoms. The van der Waals surface area contributed by atoms with Crippen LogP contribution in [0.2, 0.25) is 0 Å². The number of anilines is 1. The lowest BCUT2D eigenvalue weighted by atomic mass is 10.2. The molecule has 0 aliphatic carbocycles. The number of ether oxygens (including phenoxy) is 1. The van der Waals surface area contributed by atoms with Gasteiger partial charge in [0.25, 0.3) is 0 Å². The van der Waals surface area contributed by atoms with Gasteiger partial charge in [0.2, 0.25) is 0 Å². The van der Waals surface area contributed by atoms with Crippen LogP contribution in [-0.4, -0.2) is 18.1 Å². The molecule has 0 saturated heterocycles. The van der Waals surface area contributed by atoms with Crippen molar-refractivity contribution in [1.29, 1.82) is 0 Å². The van der Waals surface area contributed by atoms with Crippen molar-refractivity contribution in [1.82, 2.24) is 4.98 Å². The topological polar surface area (TPSA) is 65.2 Å². The van der Waals surface area contributed by atoms with Gasteiger partial charge in [0.05, 0.1) is 30.3 Å². The van der Waals surface area contributed by atoms with E-state index < -0.39 is 5.97 Å². The number of carbonyl (C=O) groups is 1. The second-order valence-electron chi connectivity index (χ2n) is 2.39. The summed E-state index contributed by atoms with van der Waals surface area (Å²) in [5, 5.41) is 0. The van der Waals surface area contributed by atoms with Gasteiger partial charge in [0.1, 0.15) is 0 Å². The zero-order chi connectivity index (χ0) is 9.14. The molecule has 0 bridgehead atoms. The Balaban J connectivity index is 3.13. The number of aryl methyl sites for hydroxylation is 1. The van der Waals surface area contributed by atoms with Crippen molar-refractivity contribution in [3.05, 3.63) is 23.5 Å². The maximum absolute atomic E-state index is 11.1. The third-order valence-corrected chi connectivity index (χ3v) is 1.51. The molecule has 0 aromatic carbocycles. The van der Waals surface area contributed by atoms with Crippen molar-refractivity contribution in [3.63, 3.8) is 0 Å². The van der Waals surface area contributed by atoms with Gasteiger partial charge in [0.15, 0.2) is 0 Å². The fraction of sp³-hybridized carbons (Fsp3) is 0.250. The zero-order valence-electron chi connectivity index (χ0n) is 7.00. The number of esters is 1. The number of pyridine rings is 1. The van der Waals surface area contributed by atoms with Gasteiger partial charge in [-0.3, -0.25) is 4.98 Å². The van der Waals surface area contributed by atoms with Crippen molar-refractivity contribution < 1.29 is 9.53 Å². The van der Waals surface area contributed by atoms with E-state index in [0.717, 1.165) is 0 Å². The third kappa shape index (κ3) is 1.53. The summed E-state index contributed by atoms with van der Waals surface area (Å²) in [6.07, 6.45) is 1.50. The lowest BCUT2D eigenvalue weighted by Crippen LogP contribution is -2.06. The van der Waals surface area contributed by atoms with Gasteiger partial charge in [-0.25, -0.2) is 4.79 Å². The summed E-state index contributed by atoms with van der Waals surface area (Å²) in [5.74, 6) is -0.410. The minimum absolute atomic E-state index is 0.410. The van der Waals surface area contributed by atoms with Crippen molar-refractivity contribution in [3.8, 4) is 0 Å². The van der Waals surface area contributed by atoms with Gasteiger partial charge in [-0.05, 0) is 13.0 Å². The van der Waals surface area contributed by atoms with Crippen LogP contribution in [0, 0.1) is 6.92 Å². The van der Waals surface area contributed by atoms with Crippen molar-refractivity contribution in [2.45, 2.75) is 6.92 Å². The molecule has 0 aliphatic rings. The molecule has 0 unspecified atom stereocenters. The number of hydrogen-bond donors (Lipinski definition) is 1. The standard InChI is InChI=1S/C8H10N2O2/c1-5-7(8(11)12-2)3-6(9)4-10-5/h3-4H,9H2,1-2H3. The molecule has 0 atom stereocenters. The number of nitrogens with two attached hydrogens (primary N) is 1. The molecule has 1 heterocycles. The SMILES string of the molecule is COC(=O)c1cc(N)cnc1C. The molecule has 0 fully saturated rings. The maximum atomic E-state index is 11.1. The summed E-state index contributed by atoms with van der Waals surface area (Å²) in [5.41, 5.74) is 6.94. The van der Waals surface area contributed by atoms with E-state index in [4.69, 9.17) is 5.73 Å². The molecule has 1 rings (SSSR count). The Morgan fingerprint density at radius 2 is 2.33 bits per heavy atom. The van der Waals surface area contributed by atoms with E-state index in [0.29, 0.717) is 16.9 Å². The Kier molecular flexibility index (Phi) is 2.28. The summed E-state index contributed by atoms with van der Waals surface area (Å²) >= 11 is 0. The molecule has 1 aromatic heterocycles. The van der Waals surface area contributed by atoms with Crippen LogP contribution in [0.15, 0.2) is 12.3 Å². The summed E-state index contributed by atoms with van der Waals surface area (Å²) in [7, 11) is 1.32. The quantitative estimate of drug-likeness (QED) is 0.625. The Bertz CT molecular complexity index is 310. The first-order valence-electron chi connectivity index (χ1n) is 3.45. The van der Waals surface area contributed by atoms with Crippen LogP contribution in [0.1, 0.15) is 16.1 Å². The number of aromatic nitrogens is 1. The number of rotatable bonds is 1. The van der Waals surface area contributed by atoms with E-state index in [9.17, 15) is 4.79 Å². The highest BCUT2D eigenvalue weighted by Crippen LogP contribution is 2.09. The lowest BCUT2D eigenvalue weighted by molar-refractivity contribution is 0.0599. The number of hydrogen-bond acceptors (Lipinski definition) is 4. The van der Waals surface area contributed by atoms with E-state index in [1.165, 1.54) is 13.3 Å². The van der Waals surface area contributed by atoms with Gasteiger partial charge < -0.3 is 10.5 Å². The van der Waals surface area contributed by atoms with E-state index >= 15 is 0 Å². The van der Waals surface area contributed by atoms with Crippen LogP contribution in [0.25, 0.3) is 0 Å². The van der Waals surface area contributed by atoms with Crippen LogP contribution < -0.4 is 5.73 Å². The first-order chi connectivity index (χ1) is 5.65. The van der Waals surface area contributed by atoms with E-state index in [1.54, 1.807) is 13.0 Å². The molecule has 2 N–H and O–H groups in total. The van der Waals surface area contributed by atoms with Crippen molar-refractivity contribution in [2.24, 2.45) is 0 Å². The number of nitrogen functional groups attached to an aromatic ring is 1. The van der Waals surface area contributed by atoms with Crippen LogP contribution in [0.3, 0.4) is 0 Å². The van der Waals surface area contributed by atoms with Gasteiger partial charge in [-0.2, -0.15) is 0 Å². The minimum Gasteiger partial charge on any atom is -0.465 e. The van der Waals surface area contributed by atoms with Crippen LogP contribution >= 0.6 is 0 Å². The molecule has 0 radical (unpaired) electrons. The number of carbonyl (C=O) groups excluding carboxylic acids is 1. The highest BCUT2D eigenvalue weighted by molar-refractivity contribution is 5.91. The fourth-order valence-electron chi connectivity index (χ4n) is 0.866. The van der Waals surface area contributed by atoms with Gasteiger partial charge >= 0.3 is 5.97 Å². The molecule has 0 aliphatic heterocycles.